The predicted octanol–water partition coefficient (Wildman–Crippen LogP) is 0.983. The van der Waals surface area contributed by atoms with Gasteiger partial charge in [0.2, 0.25) is 10.0 Å². The standard InChI is InChI=1S/C22H30N6O3S/c1-17-23-21(26-8-6-25(2)7-9-26)16-22(24-17)27-10-12-28(13-11-27)32(29,30)19-3-4-20-18(15-19)5-14-31-20/h3-4,15-16H,5-14H2,1-2H3. The van der Waals surface area contributed by atoms with Crippen molar-refractivity contribution in [3.8, 4) is 5.75 Å². The van der Waals surface area contributed by atoms with Gasteiger partial charge in [-0.15, -0.1) is 0 Å². The Morgan fingerprint density at radius 2 is 1.50 bits per heavy atom. The van der Waals surface area contributed by atoms with Crippen molar-refractivity contribution in [1.82, 2.24) is 19.2 Å². The second-order valence-corrected chi connectivity index (χ2v) is 10.6. The van der Waals surface area contributed by atoms with E-state index in [4.69, 9.17) is 4.74 Å². The zero-order chi connectivity index (χ0) is 22.3. The number of hydrogen-bond acceptors (Lipinski definition) is 8. The molecule has 1 aromatic heterocycles. The monoisotopic (exact) mass is 458 g/mol. The zero-order valence-corrected chi connectivity index (χ0v) is 19.5. The average molecular weight is 459 g/mol. The molecule has 0 atom stereocenters. The Balaban J connectivity index is 1.28. The summed E-state index contributed by atoms with van der Waals surface area (Å²) in [5, 5.41) is 0. The van der Waals surface area contributed by atoms with Gasteiger partial charge in [-0.2, -0.15) is 4.31 Å². The third kappa shape index (κ3) is 4.14. The van der Waals surface area contributed by atoms with Crippen LogP contribution in [0, 0.1) is 6.92 Å². The number of ether oxygens (including phenoxy) is 1. The first-order valence-corrected chi connectivity index (χ1v) is 12.6. The molecule has 0 saturated carbocycles. The summed E-state index contributed by atoms with van der Waals surface area (Å²) < 4.78 is 33.5. The van der Waals surface area contributed by atoms with E-state index in [1.54, 1.807) is 22.5 Å². The first-order chi connectivity index (χ1) is 15.4. The lowest BCUT2D eigenvalue weighted by Gasteiger charge is -2.36. The molecule has 0 aliphatic carbocycles. The molecular formula is C22H30N6O3S. The fourth-order valence-corrected chi connectivity index (χ4v) is 6.00. The molecule has 10 heteroatoms. The second-order valence-electron chi connectivity index (χ2n) is 8.68. The summed E-state index contributed by atoms with van der Waals surface area (Å²) >= 11 is 0. The lowest BCUT2D eigenvalue weighted by Crippen LogP contribution is -2.49. The quantitative estimate of drug-likeness (QED) is 0.671. The molecule has 3 aliphatic heterocycles. The highest BCUT2D eigenvalue weighted by Crippen LogP contribution is 2.29. The number of rotatable bonds is 4. The van der Waals surface area contributed by atoms with Crippen LogP contribution < -0.4 is 14.5 Å². The highest BCUT2D eigenvalue weighted by Gasteiger charge is 2.30. The molecule has 3 aliphatic rings. The lowest BCUT2D eigenvalue weighted by molar-refractivity contribution is 0.312. The van der Waals surface area contributed by atoms with E-state index in [-0.39, 0.29) is 0 Å². The molecule has 0 radical (unpaired) electrons. The van der Waals surface area contributed by atoms with E-state index in [1.165, 1.54) is 0 Å². The summed E-state index contributed by atoms with van der Waals surface area (Å²) in [4.78, 5) is 16.4. The van der Waals surface area contributed by atoms with Gasteiger partial charge in [-0.25, -0.2) is 18.4 Å². The fourth-order valence-electron chi connectivity index (χ4n) is 4.53. The van der Waals surface area contributed by atoms with Crippen molar-refractivity contribution >= 4 is 21.7 Å². The Kier molecular flexibility index (Phi) is 5.68. The molecule has 0 unspecified atom stereocenters. The Morgan fingerprint density at radius 1 is 0.875 bits per heavy atom. The van der Waals surface area contributed by atoms with Gasteiger partial charge in [0.1, 0.15) is 23.2 Å². The summed E-state index contributed by atoms with van der Waals surface area (Å²) in [5.41, 5.74) is 0.970. The molecule has 32 heavy (non-hydrogen) atoms. The third-order valence-electron chi connectivity index (χ3n) is 6.50. The van der Waals surface area contributed by atoms with Crippen LogP contribution in [0.2, 0.25) is 0 Å². The largest absolute Gasteiger partial charge is 0.493 e. The van der Waals surface area contributed by atoms with Crippen LogP contribution >= 0.6 is 0 Å². The molecule has 0 N–H and O–H groups in total. The molecule has 2 aromatic rings. The van der Waals surface area contributed by atoms with Crippen LogP contribution in [0.25, 0.3) is 0 Å². The van der Waals surface area contributed by atoms with Gasteiger partial charge in [-0.1, -0.05) is 0 Å². The number of aromatic nitrogens is 2. The maximum atomic E-state index is 13.2. The average Bonchev–Trinajstić information content (AvgIpc) is 3.27. The van der Waals surface area contributed by atoms with Crippen molar-refractivity contribution in [2.45, 2.75) is 18.2 Å². The van der Waals surface area contributed by atoms with E-state index in [0.717, 1.165) is 61.4 Å². The van der Waals surface area contributed by atoms with Crippen molar-refractivity contribution in [2.24, 2.45) is 0 Å². The van der Waals surface area contributed by atoms with Gasteiger partial charge in [0.05, 0.1) is 11.5 Å². The van der Waals surface area contributed by atoms with Crippen molar-refractivity contribution in [1.29, 1.82) is 0 Å². The summed E-state index contributed by atoms with van der Waals surface area (Å²) in [6.07, 6.45) is 0.759. The molecule has 9 nitrogen and oxygen atoms in total. The van der Waals surface area contributed by atoms with Crippen LogP contribution in [0.5, 0.6) is 5.75 Å². The van der Waals surface area contributed by atoms with Crippen LogP contribution in [0.4, 0.5) is 11.6 Å². The van der Waals surface area contributed by atoms with Crippen LogP contribution in [0.3, 0.4) is 0 Å². The van der Waals surface area contributed by atoms with Crippen LogP contribution in [0.15, 0.2) is 29.2 Å². The van der Waals surface area contributed by atoms with Crippen molar-refractivity contribution in [3.05, 3.63) is 35.7 Å². The molecule has 5 rings (SSSR count). The van der Waals surface area contributed by atoms with E-state index in [2.05, 4.69) is 31.7 Å². The molecule has 2 fully saturated rings. The van der Waals surface area contributed by atoms with Gasteiger partial charge in [0, 0.05) is 64.8 Å². The van der Waals surface area contributed by atoms with E-state index in [9.17, 15) is 8.42 Å². The molecule has 0 spiro atoms. The predicted molar refractivity (Wildman–Crippen MR) is 123 cm³/mol. The SMILES string of the molecule is Cc1nc(N2CCN(C)CC2)cc(N2CCN(S(=O)(=O)c3ccc4c(c3)CCO4)CC2)n1. The number of fused-ring (bicyclic) bond motifs is 1. The molecule has 1 aromatic carbocycles. The van der Waals surface area contributed by atoms with Gasteiger partial charge < -0.3 is 19.4 Å². The van der Waals surface area contributed by atoms with E-state index >= 15 is 0 Å². The number of benzene rings is 1. The number of nitrogens with zero attached hydrogens (tertiary/aromatic N) is 6. The van der Waals surface area contributed by atoms with Gasteiger partial charge in [0.25, 0.3) is 0 Å². The van der Waals surface area contributed by atoms with Crippen molar-refractivity contribution < 1.29 is 13.2 Å². The van der Waals surface area contributed by atoms with Crippen LogP contribution in [-0.2, 0) is 16.4 Å². The van der Waals surface area contributed by atoms with Crippen LogP contribution in [0.1, 0.15) is 11.4 Å². The maximum absolute atomic E-state index is 13.2. The van der Waals surface area contributed by atoms with Crippen molar-refractivity contribution in [3.63, 3.8) is 0 Å². The van der Waals surface area contributed by atoms with Crippen molar-refractivity contribution in [2.75, 3.05) is 75.8 Å². The molecule has 172 valence electrons. The fraction of sp³-hybridized carbons (Fsp3) is 0.545. The molecule has 4 heterocycles. The Morgan fingerprint density at radius 3 is 2.16 bits per heavy atom. The zero-order valence-electron chi connectivity index (χ0n) is 18.7. The van der Waals surface area contributed by atoms with Gasteiger partial charge in [-0.3, -0.25) is 0 Å². The number of likely N-dealkylation sites (N-methyl/N-ethyl adjacent to an activating group) is 1. The Hall–Kier alpha value is -2.43. The number of sulfonamides is 1. The minimum absolute atomic E-state index is 0.352. The number of piperazine rings is 2. The van der Waals surface area contributed by atoms with E-state index < -0.39 is 10.0 Å². The van der Waals surface area contributed by atoms with Gasteiger partial charge in [-0.05, 0) is 37.7 Å². The molecular weight excluding hydrogens is 428 g/mol. The lowest BCUT2D eigenvalue weighted by atomic mass is 10.2. The minimum Gasteiger partial charge on any atom is -0.493 e. The summed E-state index contributed by atoms with van der Waals surface area (Å²) in [6, 6.07) is 7.24. The number of anilines is 2. The van der Waals surface area contributed by atoms with E-state index in [1.807, 2.05) is 13.0 Å². The summed E-state index contributed by atoms with van der Waals surface area (Å²) in [6.45, 7) is 8.54. The van der Waals surface area contributed by atoms with Crippen LogP contribution in [-0.4, -0.2) is 93.6 Å². The first-order valence-electron chi connectivity index (χ1n) is 11.2. The number of hydrogen-bond donors (Lipinski definition) is 0. The summed E-state index contributed by atoms with van der Waals surface area (Å²) in [7, 11) is -1.39. The minimum atomic E-state index is -3.52. The normalized spacial score (nSPS) is 20.3. The highest BCUT2D eigenvalue weighted by molar-refractivity contribution is 7.89. The topological polar surface area (TPSA) is 82.1 Å². The van der Waals surface area contributed by atoms with Gasteiger partial charge >= 0.3 is 0 Å². The molecule has 0 bridgehead atoms. The summed E-state index contributed by atoms with van der Waals surface area (Å²) in [5.74, 6) is 3.37. The first kappa shape index (κ1) is 21.4. The Bertz CT molecular complexity index is 1090. The van der Waals surface area contributed by atoms with Gasteiger partial charge in [0.15, 0.2) is 0 Å². The van der Waals surface area contributed by atoms with E-state index in [0.29, 0.717) is 37.7 Å². The Labute approximate surface area is 189 Å². The highest BCUT2D eigenvalue weighted by atomic mass is 32.2. The maximum Gasteiger partial charge on any atom is 0.243 e. The third-order valence-corrected chi connectivity index (χ3v) is 8.39. The number of aryl methyl sites for hydroxylation is 1. The molecule has 2 saturated heterocycles. The molecule has 0 amide bonds. The smallest absolute Gasteiger partial charge is 0.243 e. The second kappa shape index (κ2) is 8.49.